The maximum atomic E-state index is 13.2. The number of amides is 2. The molecule has 0 fully saturated rings. The lowest BCUT2D eigenvalue weighted by Crippen LogP contribution is -2.49. The van der Waals surface area contributed by atoms with Crippen LogP contribution in [0, 0.1) is 12.8 Å². The Morgan fingerprint density at radius 1 is 1.00 bits per heavy atom. The minimum absolute atomic E-state index is 0.0166. The summed E-state index contributed by atoms with van der Waals surface area (Å²) in [6.45, 7) is 9.09. The molecule has 4 nitrogen and oxygen atoms in total. The molecule has 0 aromatic heterocycles. The van der Waals surface area contributed by atoms with Gasteiger partial charge in [0.1, 0.15) is 6.04 Å². The molecule has 0 bridgehead atoms. The second kappa shape index (κ2) is 11.8. The van der Waals surface area contributed by atoms with Gasteiger partial charge >= 0.3 is 0 Å². The fourth-order valence-electron chi connectivity index (χ4n) is 3.28. The van der Waals surface area contributed by atoms with Crippen molar-refractivity contribution < 1.29 is 9.59 Å². The second-order valence-corrected chi connectivity index (χ2v) is 8.63. The quantitative estimate of drug-likeness (QED) is 0.568. The van der Waals surface area contributed by atoms with E-state index in [1.165, 1.54) is 5.56 Å². The standard InChI is InChI=1S/C25H33ClN2O2/c1-5-23(25(30)27-16-18(2)3)28(17-21-10-13-22(26)14-11-21)24(29)15-12-20-8-6-19(4)7-9-20/h6-11,13-14,18,23H,5,12,15-17H2,1-4H3,(H,27,30)/t23-/m0/s1. The Labute approximate surface area is 185 Å². The van der Waals surface area contributed by atoms with Crippen LogP contribution < -0.4 is 5.32 Å². The van der Waals surface area contributed by atoms with Gasteiger partial charge in [0.15, 0.2) is 0 Å². The largest absolute Gasteiger partial charge is 0.354 e. The van der Waals surface area contributed by atoms with E-state index in [2.05, 4.69) is 43.4 Å². The van der Waals surface area contributed by atoms with Crippen LogP contribution in [0.5, 0.6) is 0 Å². The minimum atomic E-state index is -0.495. The Balaban J connectivity index is 2.17. The van der Waals surface area contributed by atoms with Crippen LogP contribution >= 0.6 is 11.6 Å². The summed E-state index contributed by atoms with van der Waals surface area (Å²) in [6.07, 6.45) is 1.58. The first-order valence-electron chi connectivity index (χ1n) is 10.7. The highest BCUT2D eigenvalue weighted by molar-refractivity contribution is 6.30. The molecule has 0 aliphatic rings. The molecule has 0 aliphatic carbocycles. The molecule has 0 spiro atoms. The van der Waals surface area contributed by atoms with Gasteiger partial charge in [-0.3, -0.25) is 9.59 Å². The van der Waals surface area contributed by atoms with Crippen LogP contribution in [0.1, 0.15) is 50.3 Å². The van der Waals surface area contributed by atoms with Crippen LogP contribution in [-0.4, -0.2) is 29.3 Å². The van der Waals surface area contributed by atoms with Crippen molar-refractivity contribution in [1.29, 1.82) is 0 Å². The van der Waals surface area contributed by atoms with Crippen molar-refractivity contribution in [3.63, 3.8) is 0 Å². The number of benzene rings is 2. The lowest BCUT2D eigenvalue weighted by Gasteiger charge is -2.31. The van der Waals surface area contributed by atoms with Gasteiger partial charge in [-0.05, 0) is 48.9 Å². The van der Waals surface area contributed by atoms with E-state index < -0.39 is 6.04 Å². The average Bonchev–Trinajstić information content (AvgIpc) is 2.72. The third-order valence-electron chi connectivity index (χ3n) is 5.08. The van der Waals surface area contributed by atoms with Crippen LogP contribution in [-0.2, 0) is 22.6 Å². The fraction of sp³-hybridized carbons (Fsp3) is 0.440. The van der Waals surface area contributed by atoms with Crippen molar-refractivity contribution >= 4 is 23.4 Å². The van der Waals surface area contributed by atoms with Crippen molar-refractivity contribution in [3.8, 4) is 0 Å². The summed E-state index contributed by atoms with van der Waals surface area (Å²) in [7, 11) is 0. The van der Waals surface area contributed by atoms with E-state index in [4.69, 9.17) is 11.6 Å². The zero-order valence-electron chi connectivity index (χ0n) is 18.5. The molecule has 2 aromatic carbocycles. The third-order valence-corrected chi connectivity index (χ3v) is 5.34. The zero-order chi connectivity index (χ0) is 22.1. The van der Waals surface area contributed by atoms with Gasteiger partial charge in [-0.25, -0.2) is 0 Å². The van der Waals surface area contributed by atoms with E-state index in [0.717, 1.165) is 11.1 Å². The van der Waals surface area contributed by atoms with Gasteiger partial charge in [0, 0.05) is 24.5 Å². The lowest BCUT2D eigenvalue weighted by molar-refractivity contribution is -0.141. The summed E-state index contributed by atoms with van der Waals surface area (Å²) < 4.78 is 0. The molecule has 30 heavy (non-hydrogen) atoms. The molecule has 0 saturated carbocycles. The summed E-state index contributed by atoms with van der Waals surface area (Å²) in [4.78, 5) is 27.8. The lowest BCUT2D eigenvalue weighted by atomic mass is 10.0. The van der Waals surface area contributed by atoms with E-state index in [0.29, 0.717) is 43.3 Å². The molecular formula is C25H33ClN2O2. The number of nitrogens with one attached hydrogen (secondary N) is 1. The number of hydrogen-bond donors (Lipinski definition) is 1. The molecule has 1 N–H and O–H groups in total. The molecule has 5 heteroatoms. The van der Waals surface area contributed by atoms with Crippen LogP contribution in [0.2, 0.25) is 5.02 Å². The van der Waals surface area contributed by atoms with E-state index in [9.17, 15) is 9.59 Å². The summed E-state index contributed by atoms with van der Waals surface area (Å²) in [5, 5.41) is 3.64. The number of halogens is 1. The van der Waals surface area contributed by atoms with Gasteiger partial charge in [-0.15, -0.1) is 0 Å². The normalized spacial score (nSPS) is 11.9. The predicted molar refractivity (Wildman–Crippen MR) is 123 cm³/mol. The predicted octanol–water partition coefficient (Wildman–Crippen LogP) is 5.16. The van der Waals surface area contributed by atoms with Crippen molar-refractivity contribution in [2.45, 2.75) is 59.5 Å². The number of carbonyl (C=O) groups excluding carboxylic acids is 2. The van der Waals surface area contributed by atoms with Crippen molar-refractivity contribution in [1.82, 2.24) is 10.2 Å². The molecule has 2 amide bonds. The van der Waals surface area contributed by atoms with Crippen LogP contribution in [0.25, 0.3) is 0 Å². The number of aryl methyl sites for hydroxylation is 2. The maximum absolute atomic E-state index is 13.2. The Bertz CT molecular complexity index is 816. The van der Waals surface area contributed by atoms with Gasteiger partial charge in [0.25, 0.3) is 0 Å². The highest BCUT2D eigenvalue weighted by atomic mass is 35.5. The average molecular weight is 429 g/mol. The molecule has 0 saturated heterocycles. The number of rotatable bonds is 10. The van der Waals surface area contributed by atoms with E-state index in [1.54, 1.807) is 4.90 Å². The zero-order valence-corrected chi connectivity index (χ0v) is 19.2. The molecule has 2 rings (SSSR count). The van der Waals surface area contributed by atoms with E-state index in [1.807, 2.05) is 38.1 Å². The van der Waals surface area contributed by atoms with Gasteiger partial charge in [-0.2, -0.15) is 0 Å². The summed E-state index contributed by atoms with van der Waals surface area (Å²) in [6, 6.07) is 15.2. The second-order valence-electron chi connectivity index (χ2n) is 8.20. The van der Waals surface area contributed by atoms with Gasteiger partial charge in [0.05, 0.1) is 0 Å². The van der Waals surface area contributed by atoms with Crippen molar-refractivity contribution in [3.05, 3.63) is 70.2 Å². The Kier molecular flexibility index (Phi) is 9.38. The Morgan fingerprint density at radius 3 is 2.17 bits per heavy atom. The smallest absolute Gasteiger partial charge is 0.242 e. The summed E-state index contributed by atoms with van der Waals surface area (Å²) >= 11 is 6.01. The van der Waals surface area contributed by atoms with Gasteiger partial charge in [-0.1, -0.05) is 74.3 Å². The molecule has 1 atom stereocenters. The Morgan fingerprint density at radius 2 is 1.60 bits per heavy atom. The molecule has 0 heterocycles. The van der Waals surface area contributed by atoms with Crippen molar-refractivity contribution in [2.75, 3.05) is 6.54 Å². The van der Waals surface area contributed by atoms with Crippen LogP contribution in [0.3, 0.4) is 0 Å². The number of hydrogen-bond acceptors (Lipinski definition) is 2. The highest BCUT2D eigenvalue weighted by Crippen LogP contribution is 2.17. The maximum Gasteiger partial charge on any atom is 0.242 e. The monoisotopic (exact) mass is 428 g/mol. The molecule has 162 valence electrons. The van der Waals surface area contributed by atoms with E-state index in [-0.39, 0.29) is 11.8 Å². The first-order valence-corrected chi connectivity index (χ1v) is 11.0. The first kappa shape index (κ1) is 23.9. The molecular weight excluding hydrogens is 396 g/mol. The van der Waals surface area contributed by atoms with Gasteiger partial charge < -0.3 is 10.2 Å². The highest BCUT2D eigenvalue weighted by Gasteiger charge is 2.28. The van der Waals surface area contributed by atoms with Gasteiger partial charge in [0.2, 0.25) is 11.8 Å². The Hall–Kier alpha value is -2.33. The van der Waals surface area contributed by atoms with Crippen molar-refractivity contribution in [2.24, 2.45) is 5.92 Å². The van der Waals surface area contributed by atoms with Crippen LogP contribution in [0.15, 0.2) is 48.5 Å². The minimum Gasteiger partial charge on any atom is -0.354 e. The number of carbonyl (C=O) groups is 2. The third kappa shape index (κ3) is 7.49. The van der Waals surface area contributed by atoms with Crippen LogP contribution in [0.4, 0.5) is 0 Å². The molecule has 2 aromatic rings. The fourth-order valence-corrected chi connectivity index (χ4v) is 3.40. The molecule has 0 unspecified atom stereocenters. The molecule has 0 radical (unpaired) electrons. The topological polar surface area (TPSA) is 49.4 Å². The molecule has 0 aliphatic heterocycles. The number of nitrogens with zero attached hydrogens (tertiary/aromatic N) is 1. The van der Waals surface area contributed by atoms with E-state index >= 15 is 0 Å². The summed E-state index contributed by atoms with van der Waals surface area (Å²) in [5.74, 6) is 0.245. The SMILES string of the molecule is CC[C@@H](C(=O)NCC(C)C)N(Cc1ccc(Cl)cc1)C(=O)CCc1ccc(C)cc1. The summed E-state index contributed by atoms with van der Waals surface area (Å²) in [5.41, 5.74) is 3.28. The first-order chi connectivity index (χ1) is 14.3.